The first-order valence-corrected chi connectivity index (χ1v) is 6.22. The third-order valence-corrected chi connectivity index (χ3v) is 3.35. The minimum Gasteiger partial charge on any atom is -0.389 e. The average Bonchev–Trinajstić information content (AvgIpc) is 2.48. The number of nitrogens with zero attached hydrogens (tertiary/aromatic N) is 3. The van der Waals surface area contributed by atoms with Gasteiger partial charge in [0.2, 0.25) is 0 Å². The van der Waals surface area contributed by atoms with Crippen LogP contribution in [0, 0.1) is 11.3 Å². The van der Waals surface area contributed by atoms with Gasteiger partial charge in [0.05, 0.1) is 5.60 Å². The molecule has 0 saturated carbocycles. The van der Waals surface area contributed by atoms with Crippen LogP contribution in [0.25, 0.3) is 0 Å². The molecular formula is C13H25N3O. The van der Waals surface area contributed by atoms with E-state index in [1.54, 1.807) is 6.33 Å². The fourth-order valence-electron chi connectivity index (χ4n) is 1.50. The van der Waals surface area contributed by atoms with Gasteiger partial charge in [0.25, 0.3) is 0 Å². The van der Waals surface area contributed by atoms with Crippen molar-refractivity contribution >= 4 is 0 Å². The maximum Gasteiger partial charge on any atom is 0.138 e. The lowest BCUT2D eigenvalue weighted by atomic mass is 9.75. The highest BCUT2D eigenvalue weighted by Crippen LogP contribution is 2.32. The molecule has 0 aromatic carbocycles. The number of rotatable bonds is 4. The molecule has 1 rings (SSSR count). The average molecular weight is 239 g/mol. The fourth-order valence-corrected chi connectivity index (χ4v) is 1.50. The van der Waals surface area contributed by atoms with Gasteiger partial charge in [-0.3, -0.25) is 0 Å². The fraction of sp³-hybridized carbons (Fsp3) is 0.846. The lowest BCUT2D eigenvalue weighted by Gasteiger charge is -2.36. The Labute approximate surface area is 104 Å². The van der Waals surface area contributed by atoms with Crippen molar-refractivity contribution in [3.63, 3.8) is 0 Å². The summed E-state index contributed by atoms with van der Waals surface area (Å²) in [5.74, 6) is 1.38. The van der Waals surface area contributed by atoms with E-state index in [1.807, 2.05) is 32.4 Å². The lowest BCUT2D eigenvalue weighted by molar-refractivity contribution is -0.0428. The second-order valence-corrected chi connectivity index (χ2v) is 6.45. The van der Waals surface area contributed by atoms with E-state index in [0.29, 0.717) is 12.3 Å². The third-order valence-electron chi connectivity index (χ3n) is 3.35. The minimum atomic E-state index is -0.783. The first-order valence-electron chi connectivity index (χ1n) is 6.22. The highest BCUT2D eigenvalue weighted by atomic mass is 16.3. The molecule has 0 aliphatic carbocycles. The van der Waals surface area contributed by atoms with Crippen molar-refractivity contribution in [1.82, 2.24) is 14.8 Å². The van der Waals surface area contributed by atoms with Crippen LogP contribution in [0.4, 0.5) is 0 Å². The third kappa shape index (κ3) is 3.53. The monoisotopic (exact) mass is 239 g/mol. The van der Waals surface area contributed by atoms with Crippen LogP contribution in [0.2, 0.25) is 0 Å². The predicted molar refractivity (Wildman–Crippen MR) is 68.6 cm³/mol. The molecule has 1 atom stereocenters. The maximum absolute atomic E-state index is 10.5. The SMILES string of the molecule is CC(C)Cn1ncnc1CC(C)(O)C(C)(C)C. The Kier molecular flexibility index (Phi) is 3.97. The van der Waals surface area contributed by atoms with Gasteiger partial charge in [-0.05, 0) is 18.3 Å². The molecule has 0 saturated heterocycles. The van der Waals surface area contributed by atoms with E-state index >= 15 is 0 Å². The molecule has 17 heavy (non-hydrogen) atoms. The summed E-state index contributed by atoms with van der Waals surface area (Å²) >= 11 is 0. The summed E-state index contributed by atoms with van der Waals surface area (Å²) in [6.07, 6.45) is 2.10. The van der Waals surface area contributed by atoms with Crippen LogP contribution in [-0.4, -0.2) is 25.5 Å². The molecule has 1 N–H and O–H groups in total. The van der Waals surface area contributed by atoms with Gasteiger partial charge < -0.3 is 5.11 Å². The van der Waals surface area contributed by atoms with E-state index in [4.69, 9.17) is 0 Å². The molecule has 4 nitrogen and oxygen atoms in total. The van der Waals surface area contributed by atoms with E-state index in [1.165, 1.54) is 0 Å². The molecule has 1 aromatic heterocycles. The van der Waals surface area contributed by atoms with Crippen LogP contribution in [-0.2, 0) is 13.0 Å². The smallest absolute Gasteiger partial charge is 0.138 e. The van der Waals surface area contributed by atoms with Gasteiger partial charge in [0.15, 0.2) is 0 Å². The van der Waals surface area contributed by atoms with Gasteiger partial charge in [-0.2, -0.15) is 5.10 Å². The van der Waals surface area contributed by atoms with E-state index in [-0.39, 0.29) is 5.41 Å². The molecule has 0 amide bonds. The van der Waals surface area contributed by atoms with Crippen molar-refractivity contribution in [2.75, 3.05) is 0 Å². The molecular weight excluding hydrogens is 214 g/mol. The second-order valence-electron chi connectivity index (χ2n) is 6.45. The van der Waals surface area contributed by atoms with E-state index in [2.05, 4.69) is 23.9 Å². The highest BCUT2D eigenvalue weighted by molar-refractivity contribution is 4.98. The minimum absolute atomic E-state index is 0.179. The molecule has 1 unspecified atom stereocenters. The number of hydrogen-bond donors (Lipinski definition) is 1. The van der Waals surface area contributed by atoms with E-state index in [0.717, 1.165) is 12.4 Å². The van der Waals surface area contributed by atoms with Crippen LogP contribution in [0.3, 0.4) is 0 Å². The highest BCUT2D eigenvalue weighted by Gasteiger charge is 2.36. The first kappa shape index (κ1) is 14.2. The molecule has 0 spiro atoms. The summed E-state index contributed by atoms with van der Waals surface area (Å²) in [6, 6.07) is 0. The molecule has 0 radical (unpaired) electrons. The molecule has 0 aliphatic heterocycles. The number of aliphatic hydroxyl groups is 1. The Bertz CT molecular complexity index is 361. The van der Waals surface area contributed by atoms with Crippen LogP contribution in [0.1, 0.15) is 47.4 Å². The van der Waals surface area contributed by atoms with Gasteiger partial charge in [-0.25, -0.2) is 9.67 Å². The van der Waals surface area contributed by atoms with Gasteiger partial charge >= 0.3 is 0 Å². The summed E-state index contributed by atoms with van der Waals surface area (Å²) in [7, 11) is 0. The van der Waals surface area contributed by atoms with Crippen molar-refractivity contribution < 1.29 is 5.11 Å². The Morgan fingerprint density at radius 2 is 1.88 bits per heavy atom. The molecule has 4 heteroatoms. The first-order chi connectivity index (χ1) is 7.63. The van der Waals surface area contributed by atoms with Gasteiger partial charge in [0, 0.05) is 13.0 Å². The zero-order chi connectivity index (χ0) is 13.3. The molecule has 0 fully saturated rings. The van der Waals surface area contributed by atoms with E-state index in [9.17, 15) is 5.11 Å². The summed E-state index contributed by atoms with van der Waals surface area (Å²) in [4.78, 5) is 4.26. The summed E-state index contributed by atoms with van der Waals surface area (Å²) < 4.78 is 1.89. The summed E-state index contributed by atoms with van der Waals surface area (Å²) in [5, 5.41) is 14.7. The lowest BCUT2D eigenvalue weighted by Crippen LogP contribution is -2.42. The van der Waals surface area contributed by atoms with Crippen LogP contribution >= 0.6 is 0 Å². The molecule has 98 valence electrons. The molecule has 1 heterocycles. The van der Waals surface area contributed by atoms with Gasteiger partial charge in [-0.15, -0.1) is 0 Å². The Morgan fingerprint density at radius 1 is 1.29 bits per heavy atom. The molecule has 0 aliphatic rings. The van der Waals surface area contributed by atoms with Crippen molar-refractivity contribution in [3.8, 4) is 0 Å². The van der Waals surface area contributed by atoms with Crippen LogP contribution in [0.15, 0.2) is 6.33 Å². The van der Waals surface area contributed by atoms with Crippen molar-refractivity contribution in [2.24, 2.45) is 11.3 Å². The number of hydrogen-bond acceptors (Lipinski definition) is 3. The standard InChI is InChI=1S/C13H25N3O/c1-10(2)8-16-11(14-9-15-16)7-13(6,17)12(3,4)5/h9-10,17H,7-8H2,1-6H3. The Morgan fingerprint density at radius 3 is 2.35 bits per heavy atom. The Hall–Kier alpha value is -0.900. The normalized spacial score (nSPS) is 16.2. The topological polar surface area (TPSA) is 50.9 Å². The summed E-state index contributed by atoms with van der Waals surface area (Å²) in [6.45, 7) is 13.1. The van der Waals surface area contributed by atoms with Crippen LogP contribution < -0.4 is 0 Å². The predicted octanol–water partition coefficient (Wildman–Crippen LogP) is 2.27. The Balaban J connectivity index is 2.85. The van der Waals surface area contributed by atoms with Gasteiger partial charge in [-0.1, -0.05) is 34.6 Å². The van der Waals surface area contributed by atoms with Gasteiger partial charge in [0.1, 0.15) is 12.2 Å². The quantitative estimate of drug-likeness (QED) is 0.877. The molecule has 0 bridgehead atoms. The molecule has 1 aromatic rings. The zero-order valence-corrected chi connectivity index (χ0v) is 11.9. The maximum atomic E-state index is 10.5. The zero-order valence-electron chi connectivity index (χ0n) is 11.9. The van der Waals surface area contributed by atoms with Crippen molar-refractivity contribution in [3.05, 3.63) is 12.2 Å². The van der Waals surface area contributed by atoms with E-state index < -0.39 is 5.60 Å². The van der Waals surface area contributed by atoms with Crippen molar-refractivity contribution in [1.29, 1.82) is 0 Å². The number of aromatic nitrogens is 3. The summed E-state index contributed by atoms with van der Waals surface area (Å²) in [5.41, 5.74) is -0.962. The van der Waals surface area contributed by atoms with Crippen molar-refractivity contribution in [2.45, 2.75) is 60.1 Å². The van der Waals surface area contributed by atoms with Crippen LogP contribution in [0.5, 0.6) is 0 Å². The largest absolute Gasteiger partial charge is 0.389 e. The second kappa shape index (κ2) is 4.77.